The van der Waals surface area contributed by atoms with E-state index in [1.165, 1.54) is 6.21 Å². The van der Waals surface area contributed by atoms with E-state index in [2.05, 4.69) is 10.5 Å². The zero-order chi connectivity index (χ0) is 17.5. The van der Waals surface area contributed by atoms with Gasteiger partial charge in [0.05, 0.1) is 12.8 Å². The molecule has 130 valence electrons. The van der Waals surface area contributed by atoms with Gasteiger partial charge in [0.15, 0.2) is 29.6 Å². The van der Waals surface area contributed by atoms with Gasteiger partial charge in [0.25, 0.3) is 5.91 Å². The Morgan fingerprint density at radius 1 is 1.16 bits per heavy atom. The number of ether oxygens (including phenoxy) is 4. The third kappa shape index (κ3) is 4.41. The summed E-state index contributed by atoms with van der Waals surface area (Å²) in [5, 5.41) is 3.91. The highest BCUT2D eigenvalue weighted by Gasteiger charge is 2.12. The van der Waals surface area contributed by atoms with Crippen LogP contribution in [-0.2, 0) is 4.79 Å². The summed E-state index contributed by atoms with van der Waals surface area (Å²) < 4.78 is 21.4. The Morgan fingerprint density at radius 2 is 1.92 bits per heavy atom. The predicted octanol–water partition coefficient (Wildman–Crippen LogP) is 2.34. The van der Waals surface area contributed by atoms with Crippen LogP contribution in [0.3, 0.4) is 0 Å². The van der Waals surface area contributed by atoms with E-state index in [-0.39, 0.29) is 19.3 Å². The van der Waals surface area contributed by atoms with Crippen LogP contribution in [0.1, 0.15) is 12.5 Å². The Morgan fingerprint density at radius 3 is 2.72 bits per heavy atom. The van der Waals surface area contributed by atoms with E-state index in [4.69, 9.17) is 18.9 Å². The van der Waals surface area contributed by atoms with E-state index in [0.717, 1.165) is 5.56 Å². The van der Waals surface area contributed by atoms with Crippen molar-refractivity contribution >= 4 is 12.1 Å². The number of nitrogens with zero attached hydrogens (tertiary/aromatic N) is 1. The maximum Gasteiger partial charge on any atom is 0.277 e. The van der Waals surface area contributed by atoms with Crippen LogP contribution >= 0.6 is 0 Å². The summed E-state index contributed by atoms with van der Waals surface area (Å²) >= 11 is 0. The molecule has 1 amide bonds. The molecule has 0 saturated carbocycles. The predicted molar refractivity (Wildman–Crippen MR) is 91.4 cm³/mol. The first-order chi connectivity index (χ1) is 12.3. The number of para-hydroxylation sites is 2. The second-order valence-corrected chi connectivity index (χ2v) is 5.07. The van der Waals surface area contributed by atoms with E-state index in [1.807, 2.05) is 25.1 Å². The number of hydrazone groups is 1. The lowest BCUT2D eigenvalue weighted by molar-refractivity contribution is -0.123. The third-order valence-electron chi connectivity index (χ3n) is 3.31. The van der Waals surface area contributed by atoms with Crippen molar-refractivity contribution in [3.05, 3.63) is 48.0 Å². The summed E-state index contributed by atoms with van der Waals surface area (Å²) in [4.78, 5) is 11.8. The van der Waals surface area contributed by atoms with Crippen LogP contribution in [0.25, 0.3) is 0 Å². The molecule has 0 unspecified atom stereocenters. The molecule has 25 heavy (non-hydrogen) atoms. The van der Waals surface area contributed by atoms with Crippen LogP contribution < -0.4 is 24.4 Å². The molecular weight excluding hydrogens is 324 g/mol. The topological polar surface area (TPSA) is 78.4 Å². The molecule has 0 aromatic heterocycles. The number of carbonyl (C=O) groups excluding carboxylic acids is 1. The minimum absolute atomic E-state index is 0.164. The summed E-state index contributed by atoms with van der Waals surface area (Å²) in [6.45, 7) is 2.45. The average Bonchev–Trinajstić information content (AvgIpc) is 3.09. The molecule has 7 heteroatoms. The quantitative estimate of drug-likeness (QED) is 0.617. The minimum atomic E-state index is -0.372. The van der Waals surface area contributed by atoms with Crippen LogP contribution in [0.15, 0.2) is 47.6 Å². The Bertz CT molecular complexity index is 776. The number of hydrogen-bond donors (Lipinski definition) is 1. The number of carbonyl (C=O) groups is 1. The standard InChI is InChI=1S/C18H18N2O5/c1-2-22-14-5-3-4-6-15(14)23-11-18(21)20-19-10-13-7-8-16-17(9-13)25-12-24-16/h3-10H,2,11-12H2,1H3,(H,20,21)/b19-10-. The lowest BCUT2D eigenvalue weighted by Gasteiger charge is -2.10. The number of rotatable bonds is 7. The van der Waals surface area contributed by atoms with Gasteiger partial charge in [-0.1, -0.05) is 12.1 Å². The molecule has 1 aliphatic heterocycles. The van der Waals surface area contributed by atoms with Crippen molar-refractivity contribution in [1.82, 2.24) is 5.43 Å². The molecule has 2 aromatic rings. The molecule has 3 rings (SSSR count). The van der Waals surface area contributed by atoms with Gasteiger partial charge in [0, 0.05) is 0 Å². The first kappa shape index (κ1) is 16.6. The van der Waals surface area contributed by atoms with Crippen LogP contribution in [0.4, 0.5) is 0 Å². The molecule has 0 fully saturated rings. The number of amides is 1. The van der Waals surface area contributed by atoms with Gasteiger partial charge in [0.2, 0.25) is 6.79 Å². The van der Waals surface area contributed by atoms with Crippen molar-refractivity contribution in [1.29, 1.82) is 0 Å². The van der Waals surface area contributed by atoms with Gasteiger partial charge in [0.1, 0.15) is 0 Å². The number of benzene rings is 2. The molecule has 0 bridgehead atoms. The highest BCUT2D eigenvalue weighted by atomic mass is 16.7. The minimum Gasteiger partial charge on any atom is -0.490 e. The van der Waals surface area contributed by atoms with Crippen LogP contribution in [-0.4, -0.2) is 32.1 Å². The third-order valence-corrected chi connectivity index (χ3v) is 3.31. The summed E-state index contributed by atoms with van der Waals surface area (Å²) in [5.74, 6) is 2.10. The van der Waals surface area contributed by atoms with Crippen molar-refractivity contribution in [3.8, 4) is 23.0 Å². The fourth-order valence-corrected chi connectivity index (χ4v) is 2.19. The number of hydrogen-bond acceptors (Lipinski definition) is 6. The molecule has 2 aromatic carbocycles. The van der Waals surface area contributed by atoms with Crippen LogP contribution in [0, 0.1) is 0 Å². The van der Waals surface area contributed by atoms with Crippen LogP contribution in [0.5, 0.6) is 23.0 Å². The Balaban J connectivity index is 1.50. The van der Waals surface area contributed by atoms with Gasteiger partial charge in [-0.2, -0.15) is 5.10 Å². The second-order valence-electron chi connectivity index (χ2n) is 5.07. The summed E-state index contributed by atoms with van der Waals surface area (Å²) in [6.07, 6.45) is 1.52. The first-order valence-electron chi connectivity index (χ1n) is 7.82. The molecule has 0 saturated heterocycles. The first-order valence-corrected chi connectivity index (χ1v) is 7.82. The molecule has 1 aliphatic rings. The smallest absolute Gasteiger partial charge is 0.277 e. The maximum atomic E-state index is 11.8. The van der Waals surface area contributed by atoms with Crippen molar-refractivity contribution in [2.45, 2.75) is 6.92 Å². The van der Waals surface area contributed by atoms with Gasteiger partial charge in [-0.3, -0.25) is 4.79 Å². The van der Waals surface area contributed by atoms with Gasteiger partial charge in [-0.05, 0) is 42.8 Å². The molecule has 0 spiro atoms. The zero-order valence-electron chi connectivity index (χ0n) is 13.7. The Kier molecular flexibility index (Phi) is 5.36. The molecule has 0 radical (unpaired) electrons. The number of fused-ring (bicyclic) bond motifs is 1. The summed E-state index contributed by atoms with van der Waals surface area (Å²) in [6, 6.07) is 12.6. The Hall–Kier alpha value is -3.22. The SMILES string of the molecule is CCOc1ccccc1OCC(=O)N/N=C\c1ccc2c(c1)OCO2. The Labute approximate surface area is 145 Å². The normalized spacial score (nSPS) is 12.2. The van der Waals surface area contributed by atoms with Crippen molar-refractivity contribution < 1.29 is 23.7 Å². The van der Waals surface area contributed by atoms with Crippen molar-refractivity contribution in [3.63, 3.8) is 0 Å². The van der Waals surface area contributed by atoms with E-state index in [9.17, 15) is 4.79 Å². The molecule has 1 heterocycles. The summed E-state index contributed by atoms with van der Waals surface area (Å²) in [7, 11) is 0. The fraction of sp³-hybridized carbons (Fsp3) is 0.222. The van der Waals surface area contributed by atoms with Crippen LogP contribution in [0.2, 0.25) is 0 Å². The molecular formula is C18H18N2O5. The number of nitrogens with one attached hydrogen (secondary N) is 1. The maximum absolute atomic E-state index is 11.8. The summed E-state index contributed by atoms with van der Waals surface area (Å²) in [5.41, 5.74) is 3.20. The lowest BCUT2D eigenvalue weighted by Crippen LogP contribution is -2.24. The molecule has 0 atom stereocenters. The monoisotopic (exact) mass is 342 g/mol. The average molecular weight is 342 g/mol. The lowest BCUT2D eigenvalue weighted by atomic mass is 10.2. The molecule has 1 N–H and O–H groups in total. The van der Waals surface area contributed by atoms with E-state index >= 15 is 0 Å². The van der Waals surface area contributed by atoms with E-state index in [1.54, 1.807) is 24.3 Å². The highest BCUT2D eigenvalue weighted by molar-refractivity contribution is 5.83. The van der Waals surface area contributed by atoms with Gasteiger partial charge >= 0.3 is 0 Å². The fourth-order valence-electron chi connectivity index (χ4n) is 2.19. The van der Waals surface area contributed by atoms with Gasteiger partial charge in [-0.25, -0.2) is 5.43 Å². The van der Waals surface area contributed by atoms with Crippen molar-refractivity contribution in [2.24, 2.45) is 5.10 Å². The zero-order valence-corrected chi connectivity index (χ0v) is 13.7. The van der Waals surface area contributed by atoms with E-state index < -0.39 is 0 Å². The highest BCUT2D eigenvalue weighted by Crippen LogP contribution is 2.32. The van der Waals surface area contributed by atoms with Gasteiger partial charge in [-0.15, -0.1) is 0 Å². The second kappa shape index (κ2) is 8.05. The molecule has 7 nitrogen and oxygen atoms in total. The van der Waals surface area contributed by atoms with E-state index in [0.29, 0.717) is 29.6 Å². The van der Waals surface area contributed by atoms with Gasteiger partial charge < -0.3 is 18.9 Å². The van der Waals surface area contributed by atoms with Crippen molar-refractivity contribution in [2.75, 3.05) is 20.0 Å². The molecule has 0 aliphatic carbocycles. The largest absolute Gasteiger partial charge is 0.490 e.